The van der Waals surface area contributed by atoms with E-state index in [1.54, 1.807) is 12.3 Å². The molecule has 0 unspecified atom stereocenters. The summed E-state index contributed by atoms with van der Waals surface area (Å²) in [6.45, 7) is 1.02. The van der Waals surface area contributed by atoms with Gasteiger partial charge in [-0.15, -0.1) is 24.8 Å². The number of halogens is 2. The number of pyridine rings is 1. The Hall–Kier alpha value is -1.41. The van der Waals surface area contributed by atoms with Gasteiger partial charge in [-0.2, -0.15) is 0 Å². The van der Waals surface area contributed by atoms with Gasteiger partial charge in [0.05, 0.1) is 17.4 Å². The molecule has 0 saturated carbocycles. The van der Waals surface area contributed by atoms with E-state index in [9.17, 15) is 13.2 Å². The molecule has 1 aliphatic heterocycles. The van der Waals surface area contributed by atoms with Gasteiger partial charge in [0.25, 0.3) is 0 Å². The zero-order chi connectivity index (χ0) is 16.5. The molecule has 3 rings (SSSR count). The van der Waals surface area contributed by atoms with Gasteiger partial charge in [-0.3, -0.25) is 9.78 Å². The highest BCUT2D eigenvalue weighted by atomic mass is 35.5. The Morgan fingerprint density at radius 3 is 2.48 bits per heavy atom. The fourth-order valence-corrected chi connectivity index (χ4v) is 4.31. The number of carbonyl (C=O) groups is 1. The number of nitrogens with one attached hydrogen (secondary N) is 2. The Labute approximate surface area is 159 Å². The molecule has 138 valence electrons. The molecule has 0 atom stereocenters. The Morgan fingerprint density at radius 2 is 1.84 bits per heavy atom. The Kier molecular flexibility index (Phi) is 7.19. The molecule has 25 heavy (non-hydrogen) atoms. The van der Waals surface area contributed by atoms with Crippen LogP contribution in [0, 0.1) is 0 Å². The first kappa shape index (κ1) is 21.6. The van der Waals surface area contributed by atoms with E-state index in [0.717, 1.165) is 17.2 Å². The monoisotopic (exact) mass is 405 g/mol. The molecule has 0 bridgehead atoms. The summed E-state index contributed by atoms with van der Waals surface area (Å²) in [7, 11) is -3.52. The van der Waals surface area contributed by atoms with Crippen molar-refractivity contribution in [3.8, 4) is 0 Å². The van der Waals surface area contributed by atoms with Gasteiger partial charge in [-0.25, -0.2) is 8.42 Å². The van der Waals surface area contributed by atoms with E-state index in [1.807, 2.05) is 24.3 Å². The van der Waals surface area contributed by atoms with E-state index in [2.05, 4.69) is 15.6 Å². The van der Waals surface area contributed by atoms with Crippen LogP contribution in [0.5, 0.6) is 0 Å². The minimum Gasteiger partial charge on any atom is -0.323 e. The van der Waals surface area contributed by atoms with Crippen LogP contribution in [-0.4, -0.2) is 43.4 Å². The maximum Gasteiger partial charge on any atom is 0.245 e. The number of sulfone groups is 1. The molecule has 1 fully saturated rings. The number of aromatic nitrogens is 1. The molecule has 1 saturated heterocycles. The van der Waals surface area contributed by atoms with Crippen molar-refractivity contribution in [1.82, 2.24) is 10.3 Å². The molecule has 1 aromatic heterocycles. The lowest BCUT2D eigenvalue weighted by Gasteiger charge is -2.34. The van der Waals surface area contributed by atoms with Gasteiger partial charge in [0, 0.05) is 11.6 Å². The van der Waals surface area contributed by atoms with Crippen LogP contribution >= 0.6 is 24.8 Å². The van der Waals surface area contributed by atoms with Crippen molar-refractivity contribution in [1.29, 1.82) is 0 Å². The van der Waals surface area contributed by atoms with Crippen LogP contribution < -0.4 is 10.6 Å². The van der Waals surface area contributed by atoms with Crippen LogP contribution in [-0.2, 0) is 14.6 Å². The normalized spacial score (nSPS) is 16.4. The number of para-hydroxylation sites is 1. The molecule has 0 radical (unpaired) electrons. The van der Waals surface area contributed by atoms with Crippen LogP contribution in [0.3, 0.4) is 0 Å². The van der Waals surface area contributed by atoms with Crippen LogP contribution in [0.1, 0.15) is 12.8 Å². The van der Waals surface area contributed by atoms with Crippen molar-refractivity contribution in [2.75, 3.05) is 24.7 Å². The molecule has 2 aromatic rings. The van der Waals surface area contributed by atoms with Crippen molar-refractivity contribution in [3.63, 3.8) is 0 Å². The average Bonchev–Trinajstić information content (AvgIpc) is 2.54. The van der Waals surface area contributed by atoms with E-state index >= 15 is 0 Å². The number of nitrogens with zero attached hydrogens (tertiary/aromatic N) is 1. The fourth-order valence-electron chi connectivity index (χ4n) is 2.98. The van der Waals surface area contributed by atoms with Gasteiger partial charge in [-0.1, -0.05) is 18.2 Å². The third-order valence-corrected chi connectivity index (χ3v) is 6.40. The molecule has 9 heteroatoms. The number of piperidine rings is 1. The second-order valence-corrected chi connectivity index (χ2v) is 8.21. The van der Waals surface area contributed by atoms with Crippen molar-refractivity contribution < 1.29 is 13.2 Å². The number of hydrogen-bond donors (Lipinski definition) is 2. The zero-order valence-electron chi connectivity index (χ0n) is 13.7. The molecule has 2 N–H and O–H groups in total. The zero-order valence-corrected chi connectivity index (χ0v) is 16.1. The first-order chi connectivity index (χ1) is 10.9. The molecule has 1 amide bonds. The number of benzene rings is 1. The molecule has 0 aliphatic carbocycles. The van der Waals surface area contributed by atoms with Crippen LogP contribution in [0.2, 0.25) is 0 Å². The highest BCUT2D eigenvalue weighted by molar-refractivity contribution is 7.92. The number of carbonyl (C=O) groups excluding carboxylic acids is 1. The third kappa shape index (κ3) is 4.23. The summed E-state index contributed by atoms with van der Waals surface area (Å²) in [5.41, 5.74) is 1.33. The number of rotatable bonds is 3. The number of amides is 1. The lowest BCUT2D eigenvalue weighted by molar-refractivity contribution is -0.119. The second-order valence-electron chi connectivity index (χ2n) is 5.89. The largest absolute Gasteiger partial charge is 0.323 e. The minimum atomic E-state index is -3.52. The first-order valence-corrected chi connectivity index (χ1v) is 9.38. The number of hydrogen-bond acceptors (Lipinski definition) is 5. The standard InChI is InChI=1S/C16H19N3O3S.2ClH/c1-23(21,22)16(6-8-17-9-7-16)15(20)19-13-10-12-4-2-3-5-14(12)18-11-13;;/h2-5,10-11,17H,6-9H2,1H3,(H,19,20);2*1H. The molecule has 6 nitrogen and oxygen atoms in total. The van der Waals surface area contributed by atoms with Crippen molar-refractivity contribution in [3.05, 3.63) is 36.5 Å². The smallest absolute Gasteiger partial charge is 0.245 e. The maximum absolute atomic E-state index is 12.7. The minimum absolute atomic E-state index is 0. The summed E-state index contributed by atoms with van der Waals surface area (Å²) >= 11 is 0. The van der Waals surface area contributed by atoms with Crippen LogP contribution in [0.25, 0.3) is 10.9 Å². The van der Waals surface area contributed by atoms with Gasteiger partial charge in [0.15, 0.2) is 14.6 Å². The molecule has 1 aliphatic rings. The van der Waals surface area contributed by atoms with Crippen molar-refractivity contribution >= 4 is 57.1 Å². The van der Waals surface area contributed by atoms with Gasteiger partial charge in [0.1, 0.15) is 0 Å². The summed E-state index contributed by atoms with van der Waals surface area (Å²) in [6, 6.07) is 9.36. The third-order valence-electron chi connectivity index (χ3n) is 4.38. The summed E-state index contributed by atoms with van der Waals surface area (Å²) in [5.74, 6) is -0.474. The molecular weight excluding hydrogens is 385 g/mol. The lowest BCUT2D eigenvalue weighted by Crippen LogP contribution is -2.55. The van der Waals surface area contributed by atoms with E-state index in [4.69, 9.17) is 0 Å². The predicted molar refractivity (Wildman–Crippen MR) is 105 cm³/mol. The molecule has 1 aromatic carbocycles. The first-order valence-electron chi connectivity index (χ1n) is 7.49. The SMILES string of the molecule is CS(=O)(=O)C1(C(=O)Nc2cnc3ccccc3c2)CCNCC1.Cl.Cl. The topological polar surface area (TPSA) is 88.2 Å². The van der Waals surface area contributed by atoms with E-state index in [-0.39, 0.29) is 37.7 Å². The summed E-state index contributed by atoms with van der Waals surface area (Å²) < 4.78 is 23.1. The van der Waals surface area contributed by atoms with Crippen molar-refractivity contribution in [2.45, 2.75) is 17.6 Å². The van der Waals surface area contributed by atoms with E-state index < -0.39 is 20.5 Å². The second kappa shape index (κ2) is 8.31. The van der Waals surface area contributed by atoms with Gasteiger partial charge < -0.3 is 10.6 Å². The molecular formula is C16H21Cl2N3O3S. The maximum atomic E-state index is 12.7. The van der Waals surface area contributed by atoms with Crippen LogP contribution in [0.15, 0.2) is 36.5 Å². The fraction of sp³-hybridized carbons (Fsp3) is 0.375. The summed E-state index contributed by atoms with van der Waals surface area (Å²) in [6.07, 6.45) is 3.24. The van der Waals surface area contributed by atoms with E-state index in [1.165, 1.54) is 0 Å². The summed E-state index contributed by atoms with van der Waals surface area (Å²) in [5, 5.41) is 6.73. The van der Waals surface area contributed by atoms with Crippen molar-refractivity contribution in [2.24, 2.45) is 0 Å². The van der Waals surface area contributed by atoms with Gasteiger partial charge in [0.2, 0.25) is 5.91 Å². The Morgan fingerprint density at radius 1 is 1.20 bits per heavy atom. The number of fused-ring (bicyclic) bond motifs is 1. The average molecular weight is 406 g/mol. The predicted octanol–water partition coefficient (Wildman–Crippen LogP) is 2.18. The number of anilines is 1. The molecule has 0 spiro atoms. The summed E-state index contributed by atoms with van der Waals surface area (Å²) in [4.78, 5) is 17.0. The van der Waals surface area contributed by atoms with Gasteiger partial charge >= 0.3 is 0 Å². The Bertz CT molecular complexity index is 853. The highest BCUT2D eigenvalue weighted by Gasteiger charge is 2.48. The Balaban J connectivity index is 0.00000156. The highest BCUT2D eigenvalue weighted by Crippen LogP contribution is 2.29. The van der Waals surface area contributed by atoms with Gasteiger partial charge in [-0.05, 0) is 38.1 Å². The quantitative estimate of drug-likeness (QED) is 0.816. The van der Waals surface area contributed by atoms with E-state index in [0.29, 0.717) is 18.8 Å². The van der Waals surface area contributed by atoms with Crippen LogP contribution in [0.4, 0.5) is 5.69 Å². The lowest BCUT2D eigenvalue weighted by atomic mass is 9.95. The molecule has 2 heterocycles.